The van der Waals surface area contributed by atoms with Gasteiger partial charge in [0.25, 0.3) is 5.91 Å². The van der Waals surface area contributed by atoms with E-state index in [0.29, 0.717) is 48.4 Å². The van der Waals surface area contributed by atoms with Gasteiger partial charge in [0.1, 0.15) is 5.75 Å². The number of methoxy groups -OCH3 is 1. The van der Waals surface area contributed by atoms with E-state index in [1.54, 1.807) is 48.5 Å². The van der Waals surface area contributed by atoms with Gasteiger partial charge >= 0.3 is 0 Å². The number of sulfonamides is 1. The van der Waals surface area contributed by atoms with Crippen molar-refractivity contribution in [3.63, 3.8) is 0 Å². The van der Waals surface area contributed by atoms with Crippen molar-refractivity contribution in [2.24, 2.45) is 11.1 Å². The Morgan fingerprint density at radius 1 is 1.00 bits per heavy atom. The molecular weight excluding hydrogens is 528 g/mol. The van der Waals surface area contributed by atoms with Crippen molar-refractivity contribution >= 4 is 27.5 Å². The van der Waals surface area contributed by atoms with Crippen molar-refractivity contribution in [2.75, 3.05) is 25.9 Å². The third-order valence-electron chi connectivity index (χ3n) is 6.62. The lowest BCUT2D eigenvalue weighted by atomic mass is 10.0. The standard InChI is InChI=1S/C30H38N4O5S/c1-22(17-18-33-29(36)25-11-6-12-26(31)21-25)20-28(35)34(19-7-10-23-8-4-3-5-9-23)30(40(32,37)38)24-13-15-27(39-2)16-14-24/h3-6,8-9,11-16,21-22,30H,7,10,17-20,31H2,1-2H3,(H,33,36)(H2,32,37,38)/t22?,30-/m0/s1. The van der Waals surface area contributed by atoms with Gasteiger partial charge in [0.2, 0.25) is 15.9 Å². The average Bonchev–Trinajstić information content (AvgIpc) is 2.92. The summed E-state index contributed by atoms with van der Waals surface area (Å²) >= 11 is 0. The zero-order chi connectivity index (χ0) is 29.1. The number of amides is 2. The summed E-state index contributed by atoms with van der Waals surface area (Å²) in [7, 11) is -2.66. The zero-order valence-corrected chi connectivity index (χ0v) is 23.8. The second-order valence-corrected chi connectivity index (χ2v) is 11.5. The predicted molar refractivity (Wildman–Crippen MR) is 157 cm³/mol. The Morgan fingerprint density at radius 2 is 1.70 bits per heavy atom. The Kier molecular flexibility index (Phi) is 11.1. The third-order valence-corrected chi connectivity index (χ3v) is 7.77. The molecule has 0 saturated heterocycles. The van der Waals surface area contributed by atoms with E-state index in [2.05, 4.69) is 5.32 Å². The molecular formula is C30H38N4O5S. The molecule has 0 aromatic heterocycles. The van der Waals surface area contributed by atoms with Gasteiger partial charge in [0, 0.05) is 30.8 Å². The molecule has 9 nitrogen and oxygen atoms in total. The molecule has 0 bridgehead atoms. The van der Waals surface area contributed by atoms with Gasteiger partial charge in [-0.3, -0.25) is 9.59 Å². The first-order valence-corrected chi connectivity index (χ1v) is 14.8. The number of rotatable bonds is 14. The topological polar surface area (TPSA) is 145 Å². The van der Waals surface area contributed by atoms with Gasteiger partial charge in [0.05, 0.1) is 7.11 Å². The number of carbonyl (C=O) groups is 2. The maximum atomic E-state index is 13.6. The maximum Gasteiger partial charge on any atom is 0.251 e. The largest absolute Gasteiger partial charge is 0.497 e. The summed E-state index contributed by atoms with van der Waals surface area (Å²) in [5, 5.41) is 7.22. The van der Waals surface area contributed by atoms with Gasteiger partial charge in [-0.1, -0.05) is 55.5 Å². The second kappa shape index (κ2) is 14.5. The van der Waals surface area contributed by atoms with E-state index in [0.717, 1.165) is 5.56 Å². The van der Waals surface area contributed by atoms with Crippen LogP contribution in [0.3, 0.4) is 0 Å². The Hall–Kier alpha value is -3.89. The lowest BCUT2D eigenvalue weighted by Gasteiger charge is -2.31. The summed E-state index contributed by atoms with van der Waals surface area (Å²) < 4.78 is 30.9. The zero-order valence-electron chi connectivity index (χ0n) is 23.0. The van der Waals surface area contributed by atoms with Gasteiger partial charge in [-0.25, -0.2) is 13.6 Å². The van der Waals surface area contributed by atoms with E-state index in [9.17, 15) is 18.0 Å². The number of nitrogen functional groups attached to an aromatic ring is 1. The van der Waals surface area contributed by atoms with Crippen LogP contribution in [0.5, 0.6) is 5.75 Å². The van der Waals surface area contributed by atoms with E-state index >= 15 is 0 Å². The molecule has 2 atom stereocenters. The highest BCUT2D eigenvalue weighted by molar-refractivity contribution is 7.89. The molecule has 0 spiro atoms. The number of benzene rings is 3. The molecule has 1 unspecified atom stereocenters. The third kappa shape index (κ3) is 9.10. The summed E-state index contributed by atoms with van der Waals surface area (Å²) in [6.45, 7) is 2.46. The van der Waals surface area contributed by atoms with Crippen molar-refractivity contribution in [3.8, 4) is 5.75 Å². The first kappa shape index (κ1) is 30.6. The summed E-state index contributed by atoms with van der Waals surface area (Å²) in [4.78, 5) is 27.4. The SMILES string of the molecule is COc1ccc([C@@H](N(CCCc2ccccc2)C(=O)CC(C)CCNC(=O)c2cccc(N)c2)S(N)(=O)=O)cc1. The minimum absolute atomic E-state index is 0.0989. The quantitative estimate of drug-likeness (QED) is 0.253. The van der Waals surface area contributed by atoms with Crippen molar-refractivity contribution in [2.45, 2.75) is 38.0 Å². The number of aryl methyl sites for hydroxylation is 1. The van der Waals surface area contributed by atoms with Crippen molar-refractivity contribution in [3.05, 3.63) is 95.6 Å². The van der Waals surface area contributed by atoms with Crippen LogP contribution in [0.15, 0.2) is 78.9 Å². The molecule has 3 aromatic rings. The summed E-state index contributed by atoms with van der Waals surface area (Å²) in [5.41, 5.74) is 8.20. The minimum Gasteiger partial charge on any atom is -0.497 e. The van der Waals surface area contributed by atoms with Crippen LogP contribution in [0.25, 0.3) is 0 Å². The van der Waals surface area contributed by atoms with Gasteiger partial charge in [-0.2, -0.15) is 0 Å². The number of ether oxygens (including phenoxy) is 1. The van der Waals surface area contributed by atoms with Crippen LogP contribution in [0, 0.1) is 5.92 Å². The lowest BCUT2D eigenvalue weighted by molar-refractivity contribution is -0.133. The van der Waals surface area contributed by atoms with E-state index < -0.39 is 15.4 Å². The molecule has 0 aliphatic heterocycles. The van der Waals surface area contributed by atoms with Crippen molar-refractivity contribution in [1.29, 1.82) is 0 Å². The van der Waals surface area contributed by atoms with E-state index in [-0.39, 0.29) is 30.7 Å². The van der Waals surface area contributed by atoms with Crippen LogP contribution in [-0.4, -0.2) is 45.3 Å². The van der Waals surface area contributed by atoms with Gasteiger partial charge in [-0.15, -0.1) is 0 Å². The highest BCUT2D eigenvalue weighted by Crippen LogP contribution is 2.29. The Labute approximate surface area is 236 Å². The number of nitrogens with one attached hydrogen (secondary N) is 1. The first-order chi connectivity index (χ1) is 19.1. The molecule has 0 heterocycles. The van der Waals surface area contributed by atoms with Crippen LogP contribution < -0.4 is 20.9 Å². The number of carbonyl (C=O) groups excluding carboxylic acids is 2. The van der Waals surface area contributed by atoms with Crippen LogP contribution in [0.1, 0.15) is 53.0 Å². The smallest absolute Gasteiger partial charge is 0.251 e. The van der Waals surface area contributed by atoms with Crippen LogP contribution in [0.4, 0.5) is 5.69 Å². The first-order valence-electron chi connectivity index (χ1n) is 13.2. The van der Waals surface area contributed by atoms with E-state index in [4.69, 9.17) is 15.6 Å². The number of primary sulfonamides is 1. The summed E-state index contributed by atoms with van der Waals surface area (Å²) in [6, 6.07) is 23.0. The van der Waals surface area contributed by atoms with Gasteiger partial charge in [-0.05, 0) is 66.6 Å². The molecule has 3 aromatic carbocycles. The van der Waals surface area contributed by atoms with E-state index in [1.165, 1.54) is 12.0 Å². The Morgan fingerprint density at radius 3 is 2.33 bits per heavy atom. The van der Waals surface area contributed by atoms with Crippen LogP contribution >= 0.6 is 0 Å². The summed E-state index contributed by atoms with van der Waals surface area (Å²) in [5.74, 6) is -0.130. The van der Waals surface area contributed by atoms with Gasteiger partial charge < -0.3 is 20.7 Å². The van der Waals surface area contributed by atoms with E-state index in [1.807, 2.05) is 37.3 Å². The molecule has 0 radical (unpaired) electrons. The van der Waals surface area contributed by atoms with Crippen LogP contribution in [-0.2, 0) is 21.2 Å². The van der Waals surface area contributed by atoms with Crippen LogP contribution in [0.2, 0.25) is 0 Å². The minimum atomic E-state index is -4.18. The molecule has 0 fully saturated rings. The monoisotopic (exact) mass is 566 g/mol. The predicted octanol–water partition coefficient (Wildman–Crippen LogP) is 3.87. The fourth-order valence-corrected chi connectivity index (χ4v) is 5.63. The number of nitrogens with two attached hydrogens (primary N) is 2. The molecule has 10 heteroatoms. The Bertz CT molecular complexity index is 1360. The molecule has 40 heavy (non-hydrogen) atoms. The molecule has 2 amide bonds. The molecule has 0 aliphatic rings. The maximum absolute atomic E-state index is 13.6. The Balaban J connectivity index is 1.71. The summed E-state index contributed by atoms with van der Waals surface area (Å²) in [6.07, 6.45) is 1.86. The molecule has 0 saturated carbocycles. The van der Waals surface area contributed by atoms with Crippen molar-refractivity contribution < 1.29 is 22.7 Å². The van der Waals surface area contributed by atoms with Crippen molar-refractivity contribution in [1.82, 2.24) is 10.2 Å². The molecule has 5 N–H and O–H groups in total. The number of anilines is 1. The highest BCUT2D eigenvalue weighted by Gasteiger charge is 2.34. The number of hydrogen-bond acceptors (Lipinski definition) is 6. The number of nitrogens with zero attached hydrogens (tertiary/aromatic N) is 1. The molecule has 214 valence electrons. The fourth-order valence-electron chi connectivity index (χ4n) is 4.52. The normalized spacial score (nSPS) is 12.8. The average molecular weight is 567 g/mol. The lowest BCUT2D eigenvalue weighted by Crippen LogP contribution is -2.42. The highest BCUT2D eigenvalue weighted by atomic mass is 32.2. The second-order valence-electron chi connectivity index (χ2n) is 9.87. The number of hydrogen-bond donors (Lipinski definition) is 3. The fraction of sp³-hybridized carbons (Fsp3) is 0.333. The van der Waals surface area contributed by atoms with Gasteiger partial charge in [0.15, 0.2) is 5.37 Å². The molecule has 3 rings (SSSR count). The molecule has 0 aliphatic carbocycles.